The van der Waals surface area contributed by atoms with Crippen LogP contribution >= 0.6 is 0 Å². The summed E-state index contributed by atoms with van der Waals surface area (Å²) in [6.45, 7) is 6.39. The number of esters is 2. The SMILES string of the molecule is CCCCOc1ccccc1C=C(C(=O)OCC)C(=O)OCC. The van der Waals surface area contributed by atoms with Crippen LogP contribution in [0, 0.1) is 0 Å². The van der Waals surface area contributed by atoms with Gasteiger partial charge in [0.1, 0.15) is 11.3 Å². The third kappa shape index (κ3) is 6.14. The van der Waals surface area contributed by atoms with Gasteiger partial charge in [0.2, 0.25) is 0 Å². The molecule has 0 fully saturated rings. The molecule has 23 heavy (non-hydrogen) atoms. The van der Waals surface area contributed by atoms with Crippen LogP contribution in [0.2, 0.25) is 0 Å². The second kappa shape index (κ2) is 10.4. The number of carbonyl (C=O) groups is 2. The minimum Gasteiger partial charge on any atom is -0.493 e. The van der Waals surface area contributed by atoms with E-state index in [0.29, 0.717) is 17.9 Å². The lowest BCUT2D eigenvalue weighted by Crippen LogP contribution is -2.18. The summed E-state index contributed by atoms with van der Waals surface area (Å²) in [6, 6.07) is 7.23. The van der Waals surface area contributed by atoms with Gasteiger partial charge in [-0.05, 0) is 32.4 Å². The molecule has 5 nitrogen and oxygen atoms in total. The maximum atomic E-state index is 12.0. The highest BCUT2D eigenvalue weighted by Crippen LogP contribution is 2.22. The monoisotopic (exact) mass is 320 g/mol. The molecule has 0 saturated heterocycles. The van der Waals surface area contributed by atoms with Crippen LogP contribution in [0.3, 0.4) is 0 Å². The van der Waals surface area contributed by atoms with Gasteiger partial charge in [-0.1, -0.05) is 31.5 Å². The Kier molecular flexibility index (Phi) is 8.50. The molecule has 1 aromatic carbocycles. The van der Waals surface area contributed by atoms with Gasteiger partial charge in [0, 0.05) is 5.56 Å². The molecule has 0 aliphatic carbocycles. The Morgan fingerprint density at radius 1 is 1.00 bits per heavy atom. The average Bonchev–Trinajstić information content (AvgIpc) is 2.54. The zero-order chi connectivity index (χ0) is 17.1. The Balaban J connectivity index is 3.09. The Morgan fingerprint density at radius 3 is 2.17 bits per heavy atom. The van der Waals surface area contributed by atoms with Crippen molar-refractivity contribution >= 4 is 18.0 Å². The van der Waals surface area contributed by atoms with Crippen LogP contribution in [0.1, 0.15) is 39.2 Å². The van der Waals surface area contributed by atoms with Crippen LogP contribution in [0.15, 0.2) is 29.8 Å². The van der Waals surface area contributed by atoms with Gasteiger partial charge >= 0.3 is 11.9 Å². The smallest absolute Gasteiger partial charge is 0.345 e. The molecular formula is C18H24O5. The highest BCUT2D eigenvalue weighted by atomic mass is 16.6. The minimum absolute atomic E-state index is 0.139. The Bertz CT molecular complexity index is 528. The van der Waals surface area contributed by atoms with Gasteiger partial charge in [-0.25, -0.2) is 9.59 Å². The fourth-order valence-corrected chi connectivity index (χ4v) is 1.83. The van der Waals surface area contributed by atoms with Gasteiger partial charge in [0.25, 0.3) is 0 Å². The van der Waals surface area contributed by atoms with Crippen molar-refractivity contribution < 1.29 is 23.8 Å². The van der Waals surface area contributed by atoms with Crippen molar-refractivity contribution in [3.05, 3.63) is 35.4 Å². The highest BCUT2D eigenvalue weighted by molar-refractivity contribution is 6.17. The van der Waals surface area contributed by atoms with Crippen LogP contribution < -0.4 is 4.74 Å². The van der Waals surface area contributed by atoms with Crippen LogP contribution in [-0.2, 0) is 19.1 Å². The molecule has 1 aromatic rings. The van der Waals surface area contributed by atoms with Crippen LogP contribution in [-0.4, -0.2) is 31.8 Å². The molecule has 5 heteroatoms. The van der Waals surface area contributed by atoms with Crippen molar-refractivity contribution in [1.82, 2.24) is 0 Å². The highest BCUT2D eigenvalue weighted by Gasteiger charge is 2.21. The lowest BCUT2D eigenvalue weighted by atomic mass is 10.1. The molecular weight excluding hydrogens is 296 g/mol. The zero-order valence-corrected chi connectivity index (χ0v) is 14.0. The number of rotatable bonds is 9. The van der Waals surface area contributed by atoms with Crippen LogP contribution in [0.25, 0.3) is 6.08 Å². The summed E-state index contributed by atoms with van der Waals surface area (Å²) in [5.41, 5.74) is 0.500. The fraction of sp³-hybridized carbons (Fsp3) is 0.444. The lowest BCUT2D eigenvalue weighted by Gasteiger charge is -2.10. The van der Waals surface area contributed by atoms with Gasteiger partial charge in [0.15, 0.2) is 0 Å². The summed E-state index contributed by atoms with van der Waals surface area (Å²) < 4.78 is 15.6. The molecule has 0 amide bonds. The second-order valence-electron chi connectivity index (χ2n) is 4.74. The summed E-state index contributed by atoms with van der Waals surface area (Å²) in [5.74, 6) is -0.782. The third-order valence-electron chi connectivity index (χ3n) is 2.96. The lowest BCUT2D eigenvalue weighted by molar-refractivity contribution is -0.146. The molecule has 0 radical (unpaired) electrons. The number of hydrogen-bond donors (Lipinski definition) is 0. The van der Waals surface area contributed by atoms with Crippen LogP contribution in [0.5, 0.6) is 5.75 Å². The van der Waals surface area contributed by atoms with Crippen molar-refractivity contribution in [2.75, 3.05) is 19.8 Å². The Hall–Kier alpha value is -2.30. The average molecular weight is 320 g/mol. The first-order chi connectivity index (χ1) is 11.1. The summed E-state index contributed by atoms with van der Waals surface area (Å²) in [4.78, 5) is 24.0. The molecule has 0 unspecified atom stereocenters. The predicted molar refractivity (Wildman–Crippen MR) is 88.1 cm³/mol. The Morgan fingerprint density at radius 2 is 1.61 bits per heavy atom. The fourth-order valence-electron chi connectivity index (χ4n) is 1.83. The molecule has 0 heterocycles. The number of unbranched alkanes of at least 4 members (excludes halogenated alkanes) is 1. The minimum atomic E-state index is -0.700. The maximum Gasteiger partial charge on any atom is 0.345 e. The van der Waals surface area contributed by atoms with Crippen molar-refractivity contribution in [2.45, 2.75) is 33.6 Å². The van der Waals surface area contributed by atoms with Crippen molar-refractivity contribution in [2.24, 2.45) is 0 Å². The van der Waals surface area contributed by atoms with Crippen LogP contribution in [0.4, 0.5) is 0 Å². The number of ether oxygens (including phenoxy) is 3. The quantitative estimate of drug-likeness (QED) is 0.229. The summed E-state index contributed by atoms with van der Waals surface area (Å²) in [7, 11) is 0. The topological polar surface area (TPSA) is 61.8 Å². The zero-order valence-electron chi connectivity index (χ0n) is 14.0. The third-order valence-corrected chi connectivity index (χ3v) is 2.96. The molecule has 0 atom stereocenters. The first-order valence-electron chi connectivity index (χ1n) is 7.91. The molecule has 0 N–H and O–H groups in total. The number of carbonyl (C=O) groups excluding carboxylic acids is 2. The van der Waals surface area contributed by atoms with Gasteiger partial charge in [-0.3, -0.25) is 0 Å². The van der Waals surface area contributed by atoms with E-state index in [1.807, 2.05) is 12.1 Å². The molecule has 0 saturated carbocycles. The van der Waals surface area contributed by atoms with E-state index in [0.717, 1.165) is 12.8 Å². The number of hydrogen-bond acceptors (Lipinski definition) is 5. The molecule has 126 valence electrons. The van der Waals surface area contributed by atoms with E-state index in [1.165, 1.54) is 6.08 Å². The first-order valence-corrected chi connectivity index (χ1v) is 7.91. The van der Waals surface area contributed by atoms with E-state index in [1.54, 1.807) is 26.0 Å². The van der Waals surface area contributed by atoms with E-state index >= 15 is 0 Å². The molecule has 1 rings (SSSR count). The normalized spacial score (nSPS) is 9.87. The second-order valence-corrected chi connectivity index (χ2v) is 4.74. The molecule has 0 aromatic heterocycles. The molecule has 0 aliphatic heterocycles. The summed E-state index contributed by atoms with van der Waals surface area (Å²) in [5, 5.41) is 0. The summed E-state index contributed by atoms with van der Waals surface area (Å²) in [6.07, 6.45) is 3.41. The van der Waals surface area contributed by atoms with Crippen molar-refractivity contribution in [1.29, 1.82) is 0 Å². The van der Waals surface area contributed by atoms with Gasteiger partial charge in [-0.2, -0.15) is 0 Å². The van der Waals surface area contributed by atoms with Gasteiger partial charge in [0.05, 0.1) is 19.8 Å². The van der Waals surface area contributed by atoms with Crippen molar-refractivity contribution in [3.8, 4) is 5.75 Å². The van der Waals surface area contributed by atoms with E-state index in [9.17, 15) is 9.59 Å². The van der Waals surface area contributed by atoms with E-state index < -0.39 is 11.9 Å². The first kappa shape index (κ1) is 18.7. The molecule has 0 aliphatic rings. The maximum absolute atomic E-state index is 12.0. The standard InChI is InChI=1S/C18H24O5/c1-4-7-12-23-16-11-9-8-10-14(16)13-15(17(19)21-5-2)18(20)22-6-3/h8-11,13H,4-7,12H2,1-3H3. The largest absolute Gasteiger partial charge is 0.493 e. The van der Waals surface area contributed by atoms with E-state index in [4.69, 9.17) is 14.2 Å². The predicted octanol–water partition coefficient (Wildman–Crippen LogP) is 3.38. The van der Waals surface area contributed by atoms with E-state index in [-0.39, 0.29) is 18.8 Å². The number of para-hydroxylation sites is 1. The van der Waals surface area contributed by atoms with Gasteiger partial charge in [-0.15, -0.1) is 0 Å². The Labute approximate surface area is 137 Å². The summed E-state index contributed by atoms with van der Waals surface area (Å²) >= 11 is 0. The van der Waals surface area contributed by atoms with Crippen molar-refractivity contribution in [3.63, 3.8) is 0 Å². The van der Waals surface area contributed by atoms with Gasteiger partial charge < -0.3 is 14.2 Å². The van der Waals surface area contributed by atoms with E-state index in [2.05, 4.69) is 6.92 Å². The number of benzene rings is 1. The molecule has 0 spiro atoms. The molecule has 0 bridgehead atoms.